The first-order chi connectivity index (χ1) is 25.4. The van der Waals surface area contributed by atoms with Crippen LogP contribution in [0.3, 0.4) is 0 Å². The maximum atomic E-state index is 12.8. The minimum Gasteiger partial charge on any atom is -0.319 e. The van der Waals surface area contributed by atoms with Crippen molar-refractivity contribution in [3.63, 3.8) is 0 Å². The zero-order chi connectivity index (χ0) is 35.5. The second-order valence-corrected chi connectivity index (χ2v) is 17.5. The molecule has 0 amide bonds. The smallest absolute Gasteiger partial charge is 0.164 e. The first-order valence-corrected chi connectivity index (χ1v) is 20.8. The number of rotatable bonds is 8. The molecule has 0 saturated heterocycles. The number of hydrogen-bond donors (Lipinski definition) is 0. The summed E-state index contributed by atoms with van der Waals surface area (Å²) in [5.41, 5.74) is 10.1. The first kappa shape index (κ1) is 33.7. The van der Waals surface area contributed by atoms with Gasteiger partial charge in [0.2, 0.25) is 0 Å². The van der Waals surface area contributed by atoms with E-state index in [1.165, 1.54) is 36.0 Å². The monoisotopic (exact) mass is 695 g/mol. The normalized spacial score (nSPS) is 14.2. The van der Waals surface area contributed by atoms with Gasteiger partial charge in [0.15, 0.2) is 17.5 Å². The van der Waals surface area contributed by atoms with E-state index < -0.39 is 7.14 Å². The van der Waals surface area contributed by atoms with Crippen molar-refractivity contribution in [1.29, 1.82) is 0 Å². The molecular formula is C47H42N3OP. The molecule has 1 fully saturated rings. The van der Waals surface area contributed by atoms with Crippen LogP contribution in [0.15, 0.2) is 158 Å². The van der Waals surface area contributed by atoms with Crippen molar-refractivity contribution in [2.24, 2.45) is 0 Å². The Bertz CT molecular complexity index is 2340. The number of nitrogens with zero attached hydrogens (tertiary/aromatic N) is 3. The van der Waals surface area contributed by atoms with Crippen LogP contribution in [0.4, 0.5) is 0 Å². The molecule has 0 N–H and O–H groups in total. The minimum atomic E-state index is -2.34. The van der Waals surface area contributed by atoms with E-state index in [4.69, 9.17) is 15.0 Å². The Kier molecular flexibility index (Phi) is 9.26. The molecule has 256 valence electrons. The van der Waals surface area contributed by atoms with Crippen LogP contribution >= 0.6 is 7.14 Å². The number of hydrogen-bond acceptors (Lipinski definition) is 4. The first-order valence-electron chi connectivity index (χ1n) is 18.2. The Morgan fingerprint density at radius 1 is 0.423 bits per heavy atom. The molecule has 1 heterocycles. The molecule has 6 aromatic carbocycles. The van der Waals surface area contributed by atoms with Gasteiger partial charge in [-0.1, -0.05) is 171 Å². The van der Waals surface area contributed by atoms with Crippen molar-refractivity contribution in [3.8, 4) is 56.4 Å². The standard InChI is InChI=1S/C47H42N3OP/c1-52(2,51)43-18-12-17-40(33-43)36-23-27-41(28-24-36)47(31-10-5-11-32-47)42-29-25-39(26-30-42)46-49-44(37-15-8-4-9-16-37)48-45(50-46)38-21-19-35(20-22-38)34-13-6-3-7-14-34/h3-4,6-9,12-30,33H,5,10-11,31-32H2,1-2H3. The molecular weight excluding hydrogens is 654 g/mol. The summed E-state index contributed by atoms with van der Waals surface area (Å²) < 4.78 is 12.8. The molecule has 1 aromatic heterocycles. The molecule has 52 heavy (non-hydrogen) atoms. The second-order valence-electron chi connectivity index (χ2n) is 14.3. The lowest BCUT2D eigenvalue weighted by Gasteiger charge is -2.39. The Morgan fingerprint density at radius 3 is 1.33 bits per heavy atom. The zero-order valence-electron chi connectivity index (χ0n) is 29.7. The van der Waals surface area contributed by atoms with Crippen LogP contribution in [-0.4, -0.2) is 28.3 Å². The lowest BCUT2D eigenvalue weighted by Crippen LogP contribution is -2.30. The third-order valence-corrected chi connectivity index (χ3v) is 12.1. The van der Waals surface area contributed by atoms with Crippen molar-refractivity contribution in [2.45, 2.75) is 37.5 Å². The predicted molar refractivity (Wildman–Crippen MR) is 216 cm³/mol. The summed E-state index contributed by atoms with van der Waals surface area (Å²) in [5, 5.41) is 0.917. The maximum absolute atomic E-state index is 12.8. The third kappa shape index (κ3) is 6.92. The van der Waals surface area contributed by atoms with Gasteiger partial charge >= 0.3 is 0 Å². The highest BCUT2D eigenvalue weighted by Gasteiger charge is 2.35. The zero-order valence-corrected chi connectivity index (χ0v) is 30.6. The molecule has 0 aliphatic heterocycles. The Labute approximate surface area is 307 Å². The van der Waals surface area contributed by atoms with E-state index in [1.807, 2.05) is 61.9 Å². The van der Waals surface area contributed by atoms with E-state index in [-0.39, 0.29) is 5.41 Å². The topological polar surface area (TPSA) is 55.7 Å². The van der Waals surface area contributed by atoms with Gasteiger partial charge in [0.1, 0.15) is 7.14 Å². The largest absolute Gasteiger partial charge is 0.319 e. The highest BCUT2D eigenvalue weighted by Crippen LogP contribution is 2.46. The van der Waals surface area contributed by atoms with Crippen LogP contribution in [0.2, 0.25) is 0 Å². The molecule has 0 radical (unpaired) electrons. The molecule has 0 bridgehead atoms. The summed E-state index contributed by atoms with van der Waals surface area (Å²) in [6.45, 7) is 3.67. The Morgan fingerprint density at radius 2 is 0.808 bits per heavy atom. The highest BCUT2D eigenvalue weighted by molar-refractivity contribution is 7.70. The van der Waals surface area contributed by atoms with Crippen molar-refractivity contribution in [1.82, 2.24) is 15.0 Å². The van der Waals surface area contributed by atoms with E-state index in [9.17, 15) is 4.57 Å². The summed E-state index contributed by atoms with van der Waals surface area (Å²) in [6, 6.07) is 55.2. The van der Waals surface area contributed by atoms with Gasteiger partial charge in [-0.3, -0.25) is 0 Å². The molecule has 4 nitrogen and oxygen atoms in total. The summed E-state index contributed by atoms with van der Waals surface area (Å²) in [7, 11) is -2.34. The predicted octanol–water partition coefficient (Wildman–Crippen LogP) is 11.7. The van der Waals surface area contributed by atoms with E-state index >= 15 is 0 Å². The average Bonchev–Trinajstić information content (AvgIpc) is 3.21. The molecule has 1 aliphatic carbocycles. The van der Waals surface area contributed by atoms with Crippen LogP contribution in [-0.2, 0) is 9.98 Å². The van der Waals surface area contributed by atoms with Gasteiger partial charge in [-0.15, -0.1) is 0 Å². The molecule has 0 unspecified atom stereocenters. The maximum Gasteiger partial charge on any atom is 0.164 e. The van der Waals surface area contributed by atoms with E-state index in [0.717, 1.165) is 51.5 Å². The van der Waals surface area contributed by atoms with Gasteiger partial charge in [-0.25, -0.2) is 15.0 Å². The van der Waals surface area contributed by atoms with Crippen molar-refractivity contribution >= 4 is 12.4 Å². The van der Waals surface area contributed by atoms with Gasteiger partial charge in [0.05, 0.1) is 0 Å². The molecule has 1 saturated carbocycles. The van der Waals surface area contributed by atoms with Gasteiger partial charge in [0, 0.05) is 27.4 Å². The molecule has 8 rings (SSSR count). The van der Waals surface area contributed by atoms with Crippen LogP contribution in [0.5, 0.6) is 0 Å². The molecule has 1 aliphatic rings. The summed E-state index contributed by atoms with van der Waals surface area (Å²) >= 11 is 0. The van der Waals surface area contributed by atoms with Crippen molar-refractivity contribution < 1.29 is 4.57 Å². The molecule has 0 spiro atoms. The fourth-order valence-corrected chi connectivity index (χ4v) is 8.53. The fourth-order valence-electron chi connectivity index (χ4n) is 7.63. The quantitative estimate of drug-likeness (QED) is 0.149. The minimum absolute atomic E-state index is 0.0559. The summed E-state index contributed by atoms with van der Waals surface area (Å²) in [4.78, 5) is 15.0. The lowest BCUT2D eigenvalue weighted by atomic mass is 9.65. The van der Waals surface area contributed by atoms with Crippen LogP contribution in [0, 0.1) is 0 Å². The fraction of sp³-hybridized carbons (Fsp3) is 0.170. The van der Waals surface area contributed by atoms with Crippen LogP contribution in [0.25, 0.3) is 56.4 Å². The van der Waals surface area contributed by atoms with Crippen molar-refractivity contribution in [2.75, 3.05) is 13.3 Å². The van der Waals surface area contributed by atoms with Crippen molar-refractivity contribution in [3.05, 3.63) is 169 Å². The SMILES string of the molecule is CP(C)(=O)c1cccc(-c2ccc(C3(c4ccc(-c5nc(-c6ccccc6)nc(-c6ccc(-c7ccccc7)cc6)n5)cc4)CCCCC3)cc2)c1. The van der Waals surface area contributed by atoms with Gasteiger partial charge in [-0.2, -0.15) is 0 Å². The molecule has 5 heteroatoms. The van der Waals surface area contributed by atoms with Gasteiger partial charge in [0.25, 0.3) is 0 Å². The van der Waals surface area contributed by atoms with Crippen LogP contribution in [0.1, 0.15) is 43.2 Å². The second kappa shape index (κ2) is 14.3. The van der Waals surface area contributed by atoms with Gasteiger partial charge in [-0.05, 0) is 65.6 Å². The summed E-state index contributed by atoms with van der Waals surface area (Å²) in [5.74, 6) is 1.98. The number of benzene rings is 6. The Balaban J connectivity index is 1.13. The van der Waals surface area contributed by atoms with Gasteiger partial charge < -0.3 is 4.57 Å². The van der Waals surface area contributed by atoms with Crippen LogP contribution < -0.4 is 5.30 Å². The van der Waals surface area contributed by atoms with E-state index in [2.05, 4.69) is 109 Å². The Hall–Kier alpha value is -5.44. The third-order valence-electron chi connectivity index (χ3n) is 10.6. The molecule has 7 aromatic rings. The van der Waals surface area contributed by atoms with E-state index in [1.54, 1.807) is 0 Å². The number of aromatic nitrogens is 3. The van der Waals surface area contributed by atoms with E-state index in [0.29, 0.717) is 17.5 Å². The lowest BCUT2D eigenvalue weighted by molar-refractivity contribution is 0.346. The molecule has 0 atom stereocenters. The summed E-state index contributed by atoms with van der Waals surface area (Å²) in [6.07, 6.45) is 5.90. The average molecular weight is 696 g/mol. The highest BCUT2D eigenvalue weighted by atomic mass is 31.2.